The van der Waals surface area contributed by atoms with Crippen LogP contribution in [0, 0.1) is 6.92 Å². The summed E-state index contributed by atoms with van der Waals surface area (Å²) in [5.74, 6) is 0. The van der Waals surface area contributed by atoms with Gasteiger partial charge in [0, 0.05) is 19.6 Å². The molecule has 0 saturated heterocycles. The monoisotopic (exact) mass is 203 g/mol. The van der Waals surface area contributed by atoms with Gasteiger partial charge in [0.05, 0.1) is 12.9 Å². The van der Waals surface area contributed by atoms with E-state index < -0.39 is 0 Å². The first-order chi connectivity index (χ1) is 7.29. The zero-order chi connectivity index (χ0) is 10.7. The summed E-state index contributed by atoms with van der Waals surface area (Å²) < 4.78 is 5.14. The third kappa shape index (κ3) is 2.39. The third-order valence-corrected chi connectivity index (χ3v) is 2.79. The number of ether oxygens (including phenoxy) is 1. The van der Waals surface area contributed by atoms with Crippen LogP contribution in [0.2, 0.25) is 0 Å². The molecule has 1 aromatic carbocycles. The van der Waals surface area contributed by atoms with Crippen LogP contribution >= 0.6 is 0 Å². The number of nitrogens with zero attached hydrogens (tertiary/aromatic N) is 1. The Kier molecular flexibility index (Phi) is 3.07. The highest BCUT2D eigenvalue weighted by Crippen LogP contribution is 2.23. The lowest BCUT2D eigenvalue weighted by molar-refractivity contribution is 0.178. The van der Waals surface area contributed by atoms with E-state index in [-0.39, 0.29) is 0 Å². The first-order valence-electron chi connectivity index (χ1n) is 5.33. The average Bonchev–Trinajstić information content (AvgIpc) is 2.60. The van der Waals surface area contributed by atoms with E-state index in [1.165, 1.54) is 23.0 Å². The van der Waals surface area contributed by atoms with Gasteiger partial charge in [-0.15, -0.1) is 0 Å². The molecule has 1 heterocycles. The first kappa shape index (κ1) is 10.2. The Hall–Kier alpha value is -1.28. The quantitative estimate of drug-likeness (QED) is 0.550. The summed E-state index contributed by atoms with van der Waals surface area (Å²) in [5.41, 5.74) is 4.27. The van der Waals surface area contributed by atoms with Crippen LogP contribution in [0.5, 0.6) is 0 Å². The molecule has 0 unspecified atom stereocenters. The molecule has 0 spiro atoms. The number of fused-ring (bicyclic) bond motifs is 1. The van der Waals surface area contributed by atoms with Gasteiger partial charge in [-0.3, -0.25) is 4.90 Å². The van der Waals surface area contributed by atoms with E-state index >= 15 is 0 Å². The van der Waals surface area contributed by atoms with Crippen molar-refractivity contribution in [1.82, 2.24) is 4.90 Å². The molecule has 15 heavy (non-hydrogen) atoms. The Morgan fingerprint density at radius 3 is 3.00 bits per heavy atom. The molecule has 2 heteroatoms. The van der Waals surface area contributed by atoms with E-state index in [1.807, 2.05) is 0 Å². The molecule has 0 amide bonds. The van der Waals surface area contributed by atoms with Crippen molar-refractivity contribution in [2.45, 2.75) is 20.0 Å². The molecule has 2 nitrogen and oxygen atoms in total. The SMILES string of the molecule is C=COCCN1Cc2ccc(C)cc2C1. The van der Waals surface area contributed by atoms with Gasteiger partial charge < -0.3 is 4.74 Å². The fourth-order valence-electron chi connectivity index (χ4n) is 2.02. The van der Waals surface area contributed by atoms with E-state index in [4.69, 9.17) is 4.74 Å². The van der Waals surface area contributed by atoms with Gasteiger partial charge in [0.15, 0.2) is 0 Å². The van der Waals surface area contributed by atoms with Gasteiger partial charge >= 0.3 is 0 Å². The minimum atomic E-state index is 0.733. The molecule has 0 aliphatic carbocycles. The van der Waals surface area contributed by atoms with E-state index in [2.05, 4.69) is 36.6 Å². The highest BCUT2D eigenvalue weighted by atomic mass is 16.5. The summed E-state index contributed by atoms with van der Waals surface area (Å²) in [6.45, 7) is 9.49. The maximum Gasteiger partial charge on any atom is 0.1000 e. The largest absolute Gasteiger partial charge is 0.500 e. The predicted molar refractivity (Wildman–Crippen MR) is 61.4 cm³/mol. The Morgan fingerprint density at radius 2 is 2.20 bits per heavy atom. The second-order valence-electron chi connectivity index (χ2n) is 4.02. The molecule has 1 aromatic rings. The van der Waals surface area contributed by atoms with Gasteiger partial charge in [-0.05, 0) is 18.1 Å². The lowest BCUT2D eigenvalue weighted by Gasteiger charge is -2.13. The summed E-state index contributed by atoms with van der Waals surface area (Å²) in [5, 5.41) is 0. The van der Waals surface area contributed by atoms with E-state index in [0.29, 0.717) is 0 Å². The number of hydrogen-bond acceptors (Lipinski definition) is 2. The summed E-state index contributed by atoms with van der Waals surface area (Å²) in [4.78, 5) is 2.40. The first-order valence-corrected chi connectivity index (χ1v) is 5.33. The maximum atomic E-state index is 5.14. The van der Waals surface area contributed by atoms with Crippen LogP contribution in [0.3, 0.4) is 0 Å². The maximum absolute atomic E-state index is 5.14. The Bertz CT molecular complexity index is 360. The molecule has 0 bridgehead atoms. The summed E-state index contributed by atoms with van der Waals surface area (Å²) in [7, 11) is 0. The molecule has 0 fully saturated rings. The Balaban J connectivity index is 1.94. The van der Waals surface area contributed by atoms with E-state index in [9.17, 15) is 0 Å². The van der Waals surface area contributed by atoms with Crippen molar-refractivity contribution in [3.63, 3.8) is 0 Å². The van der Waals surface area contributed by atoms with Crippen LogP contribution in [0.1, 0.15) is 16.7 Å². The van der Waals surface area contributed by atoms with Gasteiger partial charge in [0.1, 0.15) is 0 Å². The number of benzene rings is 1. The minimum absolute atomic E-state index is 0.733. The molecule has 0 atom stereocenters. The summed E-state index contributed by atoms with van der Waals surface area (Å²) in [6.07, 6.45) is 1.51. The third-order valence-electron chi connectivity index (χ3n) is 2.79. The topological polar surface area (TPSA) is 12.5 Å². The van der Waals surface area contributed by atoms with Crippen molar-refractivity contribution in [2.75, 3.05) is 13.2 Å². The highest BCUT2D eigenvalue weighted by molar-refractivity contribution is 5.34. The fraction of sp³-hybridized carbons (Fsp3) is 0.385. The van der Waals surface area contributed by atoms with Crippen molar-refractivity contribution in [3.05, 3.63) is 47.7 Å². The number of rotatable bonds is 4. The van der Waals surface area contributed by atoms with Gasteiger partial charge in [-0.2, -0.15) is 0 Å². The molecule has 0 saturated carbocycles. The van der Waals surface area contributed by atoms with Crippen LogP contribution in [0.25, 0.3) is 0 Å². The van der Waals surface area contributed by atoms with Crippen LogP contribution < -0.4 is 0 Å². The van der Waals surface area contributed by atoms with Crippen molar-refractivity contribution < 1.29 is 4.74 Å². The number of aryl methyl sites for hydroxylation is 1. The zero-order valence-electron chi connectivity index (χ0n) is 9.20. The molecule has 2 rings (SSSR count). The van der Waals surface area contributed by atoms with Crippen LogP contribution in [0.15, 0.2) is 31.0 Å². The molecule has 0 radical (unpaired) electrons. The normalized spacial score (nSPS) is 15.0. The summed E-state index contributed by atoms with van der Waals surface area (Å²) >= 11 is 0. The fourth-order valence-corrected chi connectivity index (χ4v) is 2.02. The smallest absolute Gasteiger partial charge is 0.1000 e. The van der Waals surface area contributed by atoms with E-state index in [0.717, 1.165) is 26.2 Å². The van der Waals surface area contributed by atoms with Crippen molar-refractivity contribution in [2.24, 2.45) is 0 Å². The zero-order valence-corrected chi connectivity index (χ0v) is 9.20. The van der Waals surface area contributed by atoms with Crippen molar-refractivity contribution >= 4 is 0 Å². The second-order valence-corrected chi connectivity index (χ2v) is 4.02. The lowest BCUT2D eigenvalue weighted by Crippen LogP contribution is -2.20. The van der Waals surface area contributed by atoms with Crippen LogP contribution in [-0.4, -0.2) is 18.1 Å². The standard InChI is InChI=1S/C13H17NO/c1-3-15-7-6-14-9-12-5-4-11(2)8-13(12)10-14/h3-5,8H,1,6-7,9-10H2,2H3. The predicted octanol–water partition coefficient (Wildman–Crippen LogP) is 2.47. The van der Waals surface area contributed by atoms with Crippen molar-refractivity contribution in [3.8, 4) is 0 Å². The highest BCUT2D eigenvalue weighted by Gasteiger charge is 2.17. The van der Waals surface area contributed by atoms with Crippen molar-refractivity contribution in [1.29, 1.82) is 0 Å². The van der Waals surface area contributed by atoms with Crippen LogP contribution in [0.4, 0.5) is 0 Å². The van der Waals surface area contributed by atoms with Crippen LogP contribution in [-0.2, 0) is 17.8 Å². The van der Waals surface area contributed by atoms with Gasteiger partial charge in [0.25, 0.3) is 0 Å². The lowest BCUT2D eigenvalue weighted by atomic mass is 10.1. The molecule has 1 aliphatic heterocycles. The molecular formula is C13H17NO. The molecule has 0 aromatic heterocycles. The Morgan fingerprint density at radius 1 is 1.40 bits per heavy atom. The molecule has 0 N–H and O–H groups in total. The minimum Gasteiger partial charge on any atom is -0.500 e. The Labute approximate surface area is 91.2 Å². The van der Waals surface area contributed by atoms with Gasteiger partial charge in [0.2, 0.25) is 0 Å². The average molecular weight is 203 g/mol. The summed E-state index contributed by atoms with van der Waals surface area (Å²) in [6, 6.07) is 6.70. The molecular weight excluding hydrogens is 186 g/mol. The molecule has 1 aliphatic rings. The van der Waals surface area contributed by atoms with Gasteiger partial charge in [-0.25, -0.2) is 0 Å². The number of hydrogen-bond donors (Lipinski definition) is 0. The van der Waals surface area contributed by atoms with Gasteiger partial charge in [-0.1, -0.05) is 30.3 Å². The molecule has 80 valence electrons. The second kappa shape index (κ2) is 4.49. The van der Waals surface area contributed by atoms with E-state index in [1.54, 1.807) is 0 Å².